The molecule has 0 radical (unpaired) electrons. The van der Waals surface area contributed by atoms with E-state index in [1.165, 1.54) is 11.5 Å². The Kier molecular flexibility index (Phi) is 4.97. The fraction of sp³-hybridized carbons (Fsp3) is 0.533. The van der Waals surface area contributed by atoms with E-state index in [1.54, 1.807) is 0 Å². The van der Waals surface area contributed by atoms with Crippen LogP contribution in [-0.4, -0.2) is 57.7 Å². The van der Waals surface area contributed by atoms with Crippen LogP contribution in [0.3, 0.4) is 0 Å². The van der Waals surface area contributed by atoms with Gasteiger partial charge in [-0.2, -0.15) is 0 Å². The maximum atomic E-state index is 6.11. The molecule has 1 fully saturated rings. The molecule has 1 aliphatic rings. The minimum atomic E-state index is 0.237. The number of hydrogen-bond donors (Lipinski definition) is 0. The summed E-state index contributed by atoms with van der Waals surface area (Å²) in [5.41, 5.74) is 2.08. The first-order valence-electron chi connectivity index (χ1n) is 7.43. The molecule has 6 nitrogen and oxygen atoms in total. The van der Waals surface area contributed by atoms with Crippen LogP contribution in [0.5, 0.6) is 5.75 Å². The van der Waals surface area contributed by atoms with Crippen LogP contribution in [0.25, 0.3) is 0 Å². The van der Waals surface area contributed by atoms with Gasteiger partial charge >= 0.3 is 0 Å². The third kappa shape index (κ3) is 4.22. The van der Waals surface area contributed by atoms with Crippen LogP contribution in [0.4, 0.5) is 0 Å². The summed E-state index contributed by atoms with van der Waals surface area (Å²) in [4.78, 5) is 8.84. The summed E-state index contributed by atoms with van der Waals surface area (Å²) >= 11 is 1.40. The average molecular weight is 319 g/mol. The summed E-state index contributed by atoms with van der Waals surface area (Å²) in [6, 6.07) is 3.97. The highest BCUT2D eigenvalue weighted by Gasteiger charge is 2.24. The molecule has 0 saturated carbocycles. The lowest BCUT2D eigenvalue weighted by Crippen LogP contribution is -2.24. The molecule has 1 saturated heterocycles. The molecule has 0 bridgehead atoms. The highest BCUT2D eigenvalue weighted by Crippen LogP contribution is 2.20. The lowest BCUT2D eigenvalue weighted by Gasteiger charge is -2.16. The van der Waals surface area contributed by atoms with Crippen molar-refractivity contribution in [3.8, 4) is 5.75 Å². The van der Waals surface area contributed by atoms with Crippen molar-refractivity contribution in [1.82, 2.24) is 24.4 Å². The Morgan fingerprint density at radius 2 is 2.32 bits per heavy atom. The fourth-order valence-electron chi connectivity index (χ4n) is 2.65. The largest absolute Gasteiger partial charge is 0.489 e. The minimum Gasteiger partial charge on any atom is -0.489 e. The average Bonchev–Trinajstić information content (AvgIpc) is 3.11. The molecule has 0 spiro atoms. The van der Waals surface area contributed by atoms with E-state index >= 15 is 0 Å². The second-order valence-electron chi connectivity index (χ2n) is 5.88. The number of likely N-dealkylation sites (tertiary alicyclic amines) is 1. The lowest BCUT2D eigenvalue weighted by atomic mass is 10.3. The third-order valence-corrected chi connectivity index (χ3v) is 4.14. The van der Waals surface area contributed by atoms with Crippen molar-refractivity contribution in [2.75, 3.05) is 27.2 Å². The first-order chi connectivity index (χ1) is 10.7. The summed E-state index contributed by atoms with van der Waals surface area (Å²) in [7, 11) is 4.08. The van der Waals surface area contributed by atoms with Gasteiger partial charge in [-0.15, -0.1) is 5.10 Å². The normalized spacial score (nSPS) is 19.0. The zero-order chi connectivity index (χ0) is 15.4. The van der Waals surface area contributed by atoms with Crippen LogP contribution in [0.2, 0.25) is 0 Å². The van der Waals surface area contributed by atoms with E-state index in [-0.39, 0.29) is 6.10 Å². The van der Waals surface area contributed by atoms with E-state index in [0.717, 1.165) is 49.7 Å². The highest BCUT2D eigenvalue weighted by atomic mass is 32.1. The summed E-state index contributed by atoms with van der Waals surface area (Å²) in [6.07, 6.45) is 3.10. The van der Waals surface area contributed by atoms with Crippen LogP contribution in [0.1, 0.15) is 17.8 Å². The standard InChI is InChI=1S/C15H21N5OS/c1-19(2)8-12-7-14(3-5-16-12)21-15-4-6-20(10-15)9-13-11-22-18-17-13/h3,5,7,11,15H,4,6,8-10H2,1-2H3. The van der Waals surface area contributed by atoms with Gasteiger partial charge in [0.15, 0.2) is 0 Å². The molecule has 1 unspecified atom stereocenters. The monoisotopic (exact) mass is 319 g/mol. The molecule has 7 heteroatoms. The Morgan fingerprint density at radius 1 is 1.41 bits per heavy atom. The zero-order valence-corrected chi connectivity index (χ0v) is 13.8. The Labute approximate surface area is 134 Å². The number of pyridine rings is 1. The van der Waals surface area contributed by atoms with Gasteiger partial charge in [0.2, 0.25) is 0 Å². The Hall–Kier alpha value is -1.57. The number of ether oxygens (including phenoxy) is 1. The topological polar surface area (TPSA) is 54.4 Å². The maximum Gasteiger partial charge on any atom is 0.123 e. The van der Waals surface area contributed by atoms with Gasteiger partial charge in [-0.05, 0) is 38.1 Å². The number of hydrogen-bond acceptors (Lipinski definition) is 7. The second-order valence-corrected chi connectivity index (χ2v) is 6.49. The third-order valence-electron chi connectivity index (χ3n) is 3.59. The predicted molar refractivity (Wildman–Crippen MR) is 85.8 cm³/mol. The summed E-state index contributed by atoms with van der Waals surface area (Å²) in [5, 5.41) is 6.11. The van der Waals surface area contributed by atoms with Crippen LogP contribution >= 0.6 is 11.5 Å². The van der Waals surface area contributed by atoms with Crippen molar-refractivity contribution < 1.29 is 4.74 Å². The van der Waals surface area contributed by atoms with Gasteiger partial charge in [0.05, 0.1) is 11.4 Å². The van der Waals surface area contributed by atoms with E-state index < -0.39 is 0 Å². The van der Waals surface area contributed by atoms with Crippen molar-refractivity contribution in [3.05, 3.63) is 35.1 Å². The second kappa shape index (κ2) is 7.13. The van der Waals surface area contributed by atoms with Gasteiger partial charge in [-0.3, -0.25) is 9.88 Å². The van der Waals surface area contributed by atoms with Crippen molar-refractivity contribution in [2.24, 2.45) is 0 Å². The molecule has 1 aliphatic heterocycles. The number of aromatic nitrogens is 3. The molecule has 0 N–H and O–H groups in total. The summed E-state index contributed by atoms with van der Waals surface area (Å²) in [6.45, 7) is 3.66. The minimum absolute atomic E-state index is 0.237. The van der Waals surface area contributed by atoms with E-state index in [4.69, 9.17) is 4.74 Å². The maximum absolute atomic E-state index is 6.11. The highest BCUT2D eigenvalue weighted by molar-refractivity contribution is 7.03. The zero-order valence-electron chi connectivity index (χ0n) is 13.0. The van der Waals surface area contributed by atoms with E-state index in [9.17, 15) is 0 Å². The molecule has 2 aromatic rings. The Balaban J connectivity index is 1.53. The molecule has 118 valence electrons. The smallest absolute Gasteiger partial charge is 0.123 e. The molecule has 2 aromatic heterocycles. The quantitative estimate of drug-likeness (QED) is 0.807. The molecule has 0 aromatic carbocycles. The van der Waals surface area contributed by atoms with Crippen LogP contribution in [0, 0.1) is 0 Å². The van der Waals surface area contributed by atoms with Gasteiger partial charge in [-0.25, -0.2) is 0 Å². The van der Waals surface area contributed by atoms with E-state index in [2.05, 4.69) is 24.4 Å². The molecular weight excluding hydrogens is 298 g/mol. The lowest BCUT2D eigenvalue weighted by molar-refractivity contribution is 0.197. The predicted octanol–water partition coefficient (Wildman–Crippen LogP) is 1.65. The molecule has 0 amide bonds. The van der Waals surface area contributed by atoms with Crippen molar-refractivity contribution in [2.45, 2.75) is 25.6 Å². The Morgan fingerprint density at radius 3 is 3.09 bits per heavy atom. The van der Waals surface area contributed by atoms with Gasteiger partial charge in [0, 0.05) is 43.8 Å². The SMILES string of the molecule is CN(C)Cc1cc(OC2CCN(Cc3csnn3)C2)ccn1. The number of rotatable bonds is 6. The van der Waals surface area contributed by atoms with Crippen molar-refractivity contribution in [1.29, 1.82) is 0 Å². The van der Waals surface area contributed by atoms with Gasteiger partial charge < -0.3 is 9.64 Å². The molecule has 3 rings (SSSR count). The molecule has 3 heterocycles. The summed E-state index contributed by atoms with van der Waals surface area (Å²) < 4.78 is 10.0. The van der Waals surface area contributed by atoms with Gasteiger partial charge in [0.25, 0.3) is 0 Å². The van der Waals surface area contributed by atoms with E-state index in [1.807, 2.05) is 37.8 Å². The van der Waals surface area contributed by atoms with E-state index in [0.29, 0.717) is 0 Å². The fourth-order valence-corrected chi connectivity index (χ4v) is 3.09. The van der Waals surface area contributed by atoms with Crippen LogP contribution in [0.15, 0.2) is 23.7 Å². The van der Waals surface area contributed by atoms with Crippen LogP contribution in [-0.2, 0) is 13.1 Å². The first kappa shape index (κ1) is 15.3. The van der Waals surface area contributed by atoms with Crippen molar-refractivity contribution >= 4 is 11.5 Å². The first-order valence-corrected chi connectivity index (χ1v) is 8.27. The molecule has 22 heavy (non-hydrogen) atoms. The molecular formula is C15H21N5OS. The van der Waals surface area contributed by atoms with Crippen LogP contribution < -0.4 is 4.74 Å². The van der Waals surface area contributed by atoms with Gasteiger partial charge in [-0.1, -0.05) is 4.49 Å². The molecule has 0 aliphatic carbocycles. The Bertz CT molecular complexity index is 589. The molecule has 1 atom stereocenters. The van der Waals surface area contributed by atoms with Gasteiger partial charge in [0.1, 0.15) is 11.9 Å². The number of nitrogens with zero attached hydrogens (tertiary/aromatic N) is 5. The van der Waals surface area contributed by atoms with Crippen molar-refractivity contribution in [3.63, 3.8) is 0 Å². The summed E-state index contributed by atoms with van der Waals surface area (Å²) in [5.74, 6) is 0.911.